The van der Waals surface area contributed by atoms with Gasteiger partial charge in [0.15, 0.2) is 5.69 Å². The third-order valence-corrected chi connectivity index (χ3v) is 4.99. The third-order valence-electron chi connectivity index (χ3n) is 4.99. The predicted molar refractivity (Wildman–Crippen MR) is 92.9 cm³/mol. The smallest absolute Gasteiger partial charge is 0.305 e. The first-order valence-corrected chi connectivity index (χ1v) is 9.12. The van der Waals surface area contributed by atoms with E-state index in [1.807, 2.05) is 0 Å². The second-order valence-electron chi connectivity index (χ2n) is 6.81. The van der Waals surface area contributed by atoms with Gasteiger partial charge in [-0.25, -0.2) is 0 Å². The van der Waals surface area contributed by atoms with Crippen LogP contribution in [0.25, 0.3) is 0 Å². The number of hydrogen-bond donors (Lipinski definition) is 3. The summed E-state index contributed by atoms with van der Waals surface area (Å²) in [5.74, 6) is -0.855. The summed E-state index contributed by atoms with van der Waals surface area (Å²) < 4.78 is 1.53. The highest BCUT2D eigenvalue weighted by molar-refractivity contribution is 5.98. The summed E-state index contributed by atoms with van der Waals surface area (Å²) in [4.78, 5) is 36.9. The maximum absolute atomic E-state index is 12.4. The number of nitrogens with zero attached hydrogens (tertiary/aromatic N) is 3. The Morgan fingerprint density at radius 2 is 2.08 bits per heavy atom. The van der Waals surface area contributed by atoms with Crippen LogP contribution in [0.3, 0.4) is 0 Å². The van der Waals surface area contributed by atoms with E-state index < -0.39 is 5.97 Å². The van der Waals surface area contributed by atoms with Gasteiger partial charge in [-0.2, -0.15) is 5.10 Å². The summed E-state index contributed by atoms with van der Waals surface area (Å²) in [5, 5.41) is 19.2. The van der Waals surface area contributed by atoms with E-state index >= 15 is 0 Å². The molecule has 1 saturated heterocycles. The number of carbonyl (C=O) groups excluding carboxylic acids is 2. The molecule has 2 aliphatic heterocycles. The van der Waals surface area contributed by atoms with E-state index in [2.05, 4.69) is 15.7 Å². The molecule has 3 heterocycles. The molecular weight excluding hydrogens is 338 g/mol. The highest BCUT2D eigenvalue weighted by Crippen LogP contribution is 2.16. The minimum atomic E-state index is -0.939. The Labute approximate surface area is 151 Å². The number of nitrogens with one attached hydrogen (secondary N) is 2. The molecular formula is C17H25N5O4. The van der Waals surface area contributed by atoms with Crippen molar-refractivity contribution in [2.45, 2.75) is 32.2 Å². The second-order valence-corrected chi connectivity index (χ2v) is 6.81. The van der Waals surface area contributed by atoms with E-state index in [1.54, 1.807) is 0 Å². The Balaban J connectivity index is 1.53. The minimum Gasteiger partial charge on any atom is -0.481 e. The first-order chi connectivity index (χ1) is 12.5. The third kappa shape index (κ3) is 4.40. The number of carboxylic acids is 1. The molecule has 0 spiro atoms. The number of carboxylic acid groups (broad SMARTS) is 1. The number of carbonyl (C=O) groups is 3. The Morgan fingerprint density at radius 1 is 1.31 bits per heavy atom. The fourth-order valence-corrected chi connectivity index (χ4v) is 3.44. The van der Waals surface area contributed by atoms with Crippen molar-refractivity contribution < 1.29 is 19.5 Å². The maximum atomic E-state index is 12.4. The summed E-state index contributed by atoms with van der Waals surface area (Å²) in [5.41, 5.74) is 0.573. The molecule has 2 amide bonds. The molecule has 0 bridgehead atoms. The van der Waals surface area contributed by atoms with Crippen molar-refractivity contribution in [1.29, 1.82) is 0 Å². The first kappa shape index (κ1) is 18.4. The molecule has 2 aliphatic rings. The van der Waals surface area contributed by atoms with E-state index in [1.165, 1.54) is 15.6 Å². The molecule has 0 atom stereocenters. The summed E-state index contributed by atoms with van der Waals surface area (Å²) in [6.07, 6.45) is 3.12. The fraction of sp³-hybridized carbons (Fsp3) is 0.647. The molecule has 9 heteroatoms. The monoisotopic (exact) mass is 363 g/mol. The predicted octanol–water partition coefficient (Wildman–Crippen LogP) is -0.0669. The van der Waals surface area contributed by atoms with Crippen molar-refractivity contribution >= 4 is 17.8 Å². The average molecular weight is 363 g/mol. The zero-order chi connectivity index (χ0) is 18.5. The number of amides is 2. The van der Waals surface area contributed by atoms with Gasteiger partial charge >= 0.3 is 5.97 Å². The van der Waals surface area contributed by atoms with Gasteiger partial charge in [-0.1, -0.05) is 0 Å². The molecule has 9 nitrogen and oxygen atoms in total. The maximum Gasteiger partial charge on any atom is 0.305 e. The second kappa shape index (κ2) is 8.31. The van der Waals surface area contributed by atoms with Gasteiger partial charge in [0.25, 0.3) is 11.8 Å². The van der Waals surface area contributed by atoms with Gasteiger partial charge in [-0.15, -0.1) is 0 Å². The van der Waals surface area contributed by atoms with Crippen LogP contribution in [0, 0.1) is 5.92 Å². The largest absolute Gasteiger partial charge is 0.481 e. The van der Waals surface area contributed by atoms with E-state index in [9.17, 15) is 14.4 Å². The lowest BCUT2D eigenvalue weighted by Crippen LogP contribution is -2.41. The van der Waals surface area contributed by atoms with E-state index in [4.69, 9.17) is 5.11 Å². The molecule has 0 aromatic carbocycles. The van der Waals surface area contributed by atoms with Gasteiger partial charge < -0.3 is 20.6 Å². The molecule has 0 saturated carbocycles. The number of hydrogen-bond acceptors (Lipinski definition) is 5. The zero-order valence-electron chi connectivity index (χ0n) is 14.7. The quantitative estimate of drug-likeness (QED) is 0.625. The van der Waals surface area contributed by atoms with Crippen molar-refractivity contribution in [2.24, 2.45) is 5.92 Å². The summed E-state index contributed by atoms with van der Waals surface area (Å²) >= 11 is 0. The standard InChI is InChI=1S/C17H25N5O4/c23-15(24)4-8-21-9-10-22-14(17(21)26)11-13(20-22)16(25)19-7-3-12-1-5-18-6-2-12/h11-12,18H,1-10H2,(H,19,25)(H,23,24). The Hall–Kier alpha value is -2.42. The molecule has 0 aliphatic carbocycles. The Bertz CT molecular complexity index is 681. The van der Waals surface area contributed by atoms with Gasteiger partial charge in [0, 0.05) is 25.7 Å². The zero-order valence-corrected chi connectivity index (χ0v) is 14.7. The van der Waals surface area contributed by atoms with Crippen LogP contribution in [0.5, 0.6) is 0 Å². The molecule has 1 fully saturated rings. The molecule has 26 heavy (non-hydrogen) atoms. The number of aromatic nitrogens is 2. The lowest BCUT2D eigenvalue weighted by molar-refractivity contribution is -0.137. The minimum absolute atomic E-state index is 0.0933. The van der Waals surface area contributed by atoms with Crippen LogP contribution in [0.1, 0.15) is 46.7 Å². The van der Waals surface area contributed by atoms with E-state index in [-0.39, 0.29) is 30.5 Å². The van der Waals surface area contributed by atoms with Crippen LogP contribution < -0.4 is 10.6 Å². The van der Waals surface area contributed by atoms with Crippen molar-refractivity contribution in [3.8, 4) is 0 Å². The van der Waals surface area contributed by atoms with Gasteiger partial charge in [0.2, 0.25) is 0 Å². The molecule has 3 N–H and O–H groups in total. The highest BCUT2D eigenvalue weighted by Gasteiger charge is 2.28. The topological polar surface area (TPSA) is 117 Å². The van der Waals surface area contributed by atoms with Crippen molar-refractivity contribution in [3.63, 3.8) is 0 Å². The molecule has 1 aromatic rings. The van der Waals surface area contributed by atoms with Crippen molar-refractivity contribution in [2.75, 3.05) is 32.7 Å². The van der Waals surface area contributed by atoms with Crippen LogP contribution in [-0.4, -0.2) is 70.3 Å². The van der Waals surface area contributed by atoms with Crippen LogP contribution in [0.2, 0.25) is 0 Å². The van der Waals surface area contributed by atoms with Crippen molar-refractivity contribution in [3.05, 3.63) is 17.5 Å². The Morgan fingerprint density at radius 3 is 2.81 bits per heavy atom. The highest BCUT2D eigenvalue weighted by atomic mass is 16.4. The van der Waals surface area contributed by atoms with Gasteiger partial charge in [-0.05, 0) is 38.3 Å². The first-order valence-electron chi connectivity index (χ1n) is 9.12. The number of piperidine rings is 1. The fourth-order valence-electron chi connectivity index (χ4n) is 3.44. The van der Waals surface area contributed by atoms with Crippen LogP contribution in [-0.2, 0) is 11.3 Å². The number of rotatable bonds is 7. The van der Waals surface area contributed by atoms with E-state index in [0.717, 1.165) is 32.4 Å². The van der Waals surface area contributed by atoms with Gasteiger partial charge in [-0.3, -0.25) is 19.1 Å². The SMILES string of the molecule is O=C(O)CCN1CCn2nc(C(=O)NCCC3CCNCC3)cc2C1=O. The molecule has 142 valence electrons. The van der Waals surface area contributed by atoms with Crippen LogP contribution in [0.4, 0.5) is 0 Å². The number of aliphatic carboxylic acids is 1. The summed E-state index contributed by atoms with van der Waals surface area (Å²) in [6.45, 7) is 3.70. The lowest BCUT2D eigenvalue weighted by atomic mass is 9.95. The lowest BCUT2D eigenvalue weighted by Gasteiger charge is -2.26. The summed E-state index contributed by atoms with van der Waals surface area (Å²) in [7, 11) is 0. The molecule has 0 radical (unpaired) electrons. The molecule has 3 rings (SSSR count). The molecule has 1 aromatic heterocycles. The van der Waals surface area contributed by atoms with Crippen LogP contribution >= 0.6 is 0 Å². The average Bonchev–Trinajstić information content (AvgIpc) is 3.07. The molecule has 0 unspecified atom stereocenters. The van der Waals surface area contributed by atoms with Gasteiger partial charge in [0.05, 0.1) is 13.0 Å². The normalized spacial score (nSPS) is 17.8. The van der Waals surface area contributed by atoms with Crippen LogP contribution in [0.15, 0.2) is 6.07 Å². The summed E-state index contributed by atoms with van der Waals surface area (Å²) in [6, 6.07) is 1.50. The van der Waals surface area contributed by atoms with Crippen molar-refractivity contribution in [1.82, 2.24) is 25.3 Å². The van der Waals surface area contributed by atoms with Gasteiger partial charge in [0.1, 0.15) is 5.69 Å². The Kier molecular flexibility index (Phi) is 5.87. The van der Waals surface area contributed by atoms with E-state index in [0.29, 0.717) is 31.2 Å². The number of fused-ring (bicyclic) bond motifs is 1.